The van der Waals surface area contributed by atoms with Crippen molar-refractivity contribution in [3.05, 3.63) is 65.2 Å². The van der Waals surface area contributed by atoms with Crippen LogP contribution in [0.25, 0.3) is 0 Å². The van der Waals surface area contributed by atoms with Crippen molar-refractivity contribution >= 4 is 17.6 Å². The van der Waals surface area contributed by atoms with Gasteiger partial charge in [-0.2, -0.15) is 0 Å². The molecular formula is C23H27N3O2. The fourth-order valence-electron chi connectivity index (χ4n) is 4.22. The number of aryl methyl sites for hydroxylation is 1. The number of hydrogen-bond acceptors (Lipinski definition) is 2. The Morgan fingerprint density at radius 3 is 2.68 bits per heavy atom. The predicted octanol–water partition coefficient (Wildman–Crippen LogP) is 4.05. The SMILES string of the molecule is O=C(NCc1cccc(NC(=O)N2CCCC2)c1)C1CCCc2ccccc21. The van der Waals surface area contributed by atoms with Crippen LogP contribution in [0, 0.1) is 0 Å². The van der Waals surface area contributed by atoms with Gasteiger partial charge in [-0.05, 0) is 60.9 Å². The zero-order chi connectivity index (χ0) is 19.3. The van der Waals surface area contributed by atoms with Gasteiger partial charge >= 0.3 is 6.03 Å². The van der Waals surface area contributed by atoms with Crippen LogP contribution in [-0.4, -0.2) is 29.9 Å². The van der Waals surface area contributed by atoms with Crippen molar-refractivity contribution in [3.63, 3.8) is 0 Å². The highest BCUT2D eigenvalue weighted by Gasteiger charge is 2.25. The van der Waals surface area contributed by atoms with Crippen LogP contribution in [0.1, 0.15) is 48.3 Å². The third kappa shape index (κ3) is 4.19. The van der Waals surface area contributed by atoms with E-state index in [0.717, 1.165) is 62.0 Å². The second-order valence-electron chi connectivity index (χ2n) is 7.69. The van der Waals surface area contributed by atoms with Crippen LogP contribution in [-0.2, 0) is 17.8 Å². The summed E-state index contributed by atoms with van der Waals surface area (Å²) >= 11 is 0. The molecule has 0 saturated carbocycles. The Hall–Kier alpha value is -2.82. The van der Waals surface area contributed by atoms with Gasteiger partial charge in [0.15, 0.2) is 0 Å². The number of nitrogens with zero attached hydrogens (tertiary/aromatic N) is 1. The van der Waals surface area contributed by atoms with Crippen LogP contribution >= 0.6 is 0 Å². The summed E-state index contributed by atoms with van der Waals surface area (Å²) in [4.78, 5) is 26.9. The summed E-state index contributed by atoms with van der Waals surface area (Å²) in [5.41, 5.74) is 4.21. The van der Waals surface area contributed by atoms with Crippen LogP contribution in [0.3, 0.4) is 0 Å². The Morgan fingerprint density at radius 1 is 1.00 bits per heavy atom. The lowest BCUT2D eigenvalue weighted by Crippen LogP contribution is -2.32. The van der Waals surface area contributed by atoms with Gasteiger partial charge in [-0.1, -0.05) is 36.4 Å². The molecule has 1 atom stereocenters. The first-order valence-electron chi connectivity index (χ1n) is 10.2. The molecule has 4 rings (SSSR count). The molecule has 1 aliphatic carbocycles. The monoisotopic (exact) mass is 377 g/mol. The minimum Gasteiger partial charge on any atom is -0.351 e. The van der Waals surface area contributed by atoms with Gasteiger partial charge in [-0.15, -0.1) is 0 Å². The van der Waals surface area contributed by atoms with E-state index in [0.29, 0.717) is 6.54 Å². The summed E-state index contributed by atoms with van der Waals surface area (Å²) in [5, 5.41) is 6.05. The molecule has 2 N–H and O–H groups in total. The summed E-state index contributed by atoms with van der Waals surface area (Å²) in [5.74, 6) is 0.0154. The molecule has 2 aromatic carbocycles. The maximum atomic E-state index is 12.8. The molecule has 2 aromatic rings. The van der Waals surface area contributed by atoms with Gasteiger partial charge in [0.05, 0.1) is 5.92 Å². The van der Waals surface area contributed by atoms with E-state index in [9.17, 15) is 9.59 Å². The van der Waals surface area contributed by atoms with E-state index in [4.69, 9.17) is 0 Å². The van der Waals surface area contributed by atoms with E-state index in [-0.39, 0.29) is 17.9 Å². The molecule has 5 nitrogen and oxygen atoms in total. The maximum absolute atomic E-state index is 12.8. The molecular weight excluding hydrogens is 350 g/mol. The third-order valence-electron chi connectivity index (χ3n) is 5.72. The van der Waals surface area contributed by atoms with E-state index < -0.39 is 0 Å². The van der Waals surface area contributed by atoms with Gasteiger partial charge in [-0.3, -0.25) is 4.79 Å². The molecule has 0 aromatic heterocycles. The molecule has 0 bridgehead atoms. The maximum Gasteiger partial charge on any atom is 0.321 e. The molecule has 1 heterocycles. The minimum absolute atomic E-state index is 0.0440. The van der Waals surface area contributed by atoms with E-state index in [1.165, 1.54) is 5.56 Å². The molecule has 5 heteroatoms. The van der Waals surface area contributed by atoms with Crippen molar-refractivity contribution in [3.8, 4) is 0 Å². The zero-order valence-electron chi connectivity index (χ0n) is 16.1. The van der Waals surface area contributed by atoms with Crippen molar-refractivity contribution in [2.45, 2.75) is 44.6 Å². The first kappa shape index (κ1) is 18.5. The number of anilines is 1. The van der Waals surface area contributed by atoms with Gasteiger partial charge in [0.2, 0.25) is 5.91 Å². The first-order valence-corrected chi connectivity index (χ1v) is 10.2. The number of carbonyl (C=O) groups excluding carboxylic acids is 2. The van der Waals surface area contributed by atoms with Crippen LogP contribution in [0.4, 0.5) is 10.5 Å². The molecule has 146 valence electrons. The van der Waals surface area contributed by atoms with E-state index in [1.807, 2.05) is 41.3 Å². The highest BCUT2D eigenvalue weighted by molar-refractivity contribution is 5.89. The lowest BCUT2D eigenvalue weighted by Gasteiger charge is -2.24. The van der Waals surface area contributed by atoms with Crippen LogP contribution in [0.2, 0.25) is 0 Å². The topological polar surface area (TPSA) is 61.4 Å². The standard InChI is InChI=1S/C23H27N3O2/c27-22(21-12-6-9-18-8-1-2-11-20(18)21)24-16-17-7-5-10-19(15-17)25-23(28)26-13-3-4-14-26/h1-2,5,7-8,10-11,15,21H,3-4,6,9,12-14,16H2,(H,24,27)(H,25,28). The normalized spacial score (nSPS) is 18.4. The molecule has 1 saturated heterocycles. The van der Waals surface area contributed by atoms with Crippen molar-refractivity contribution in [2.75, 3.05) is 18.4 Å². The van der Waals surface area contributed by atoms with E-state index in [2.05, 4.69) is 22.8 Å². The van der Waals surface area contributed by atoms with Crippen molar-refractivity contribution in [1.82, 2.24) is 10.2 Å². The lowest BCUT2D eigenvalue weighted by molar-refractivity contribution is -0.123. The largest absolute Gasteiger partial charge is 0.351 e. The van der Waals surface area contributed by atoms with E-state index >= 15 is 0 Å². The van der Waals surface area contributed by atoms with Crippen LogP contribution < -0.4 is 10.6 Å². The number of likely N-dealkylation sites (tertiary alicyclic amines) is 1. The average molecular weight is 377 g/mol. The molecule has 0 radical (unpaired) electrons. The number of carbonyl (C=O) groups is 2. The summed E-state index contributed by atoms with van der Waals surface area (Å²) < 4.78 is 0. The highest BCUT2D eigenvalue weighted by Crippen LogP contribution is 2.31. The molecule has 3 amide bonds. The fraction of sp³-hybridized carbons (Fsp3) is 0.391. The summed E-state index contributed by atoms with van der Waals surface area (Å²) in [7, 11) is 0. The van der Waals surface area contributed by atoms with E-state index in [1.54, 1.807) is 0 Å². The molecule has 1 unspecified atom stereocenters. The number of rotatable bonds is 4. The number of amides is 3. The number of urea groups is 1. The van der Waals surface area contributed by atoms with Crippen molar-refractivity contribution in [2.24, 2.45) is 0 Å². The van der Waals surface area contributed by atoms with Crippen molar-refractivity contribution < 1.29 is 9.59 Å². The summed E-state index contributed by atoms with van der Waals surface area (Å²) in [6, 6.07) is 15.9. The number of nitrogens with one attached hydrogen (secondary N) is 2. The lowest BCUT2D eigenvalue weighted by atomic mass is 9.82. The molecule has 28 heavy (non-hydrogen) atoms. The Balaban J connectivity index is 1.36. The molecule has 0 spiro atoms. The van der Waals surface area contributed by atoms with Gasteiger partial charge in [-0.25, -0.2) is 4.79 Å². The smallest absolute Gasteiger partial charge is 0.321 e. The Morgan fingerprint density at radius 2 is 1.82 bits per heavy atom. The second kappa shape index (κ2) is 8.46. The predicted molar refractivity (Wildman–Crippen MR) is 110 cm³/mol. The summed E-state index contributed by atoms with van der Waals surface area (Å²) in [6.45, 7) is 2.11. The van der Waals surface area contributed by atoms with Gasteiger partial charge in [0.25, 0.3) is 0 Å². The first-order chi connectivity index (χ1) is 13.7. The molecule has 2 aliphatic rings. The highest BCUT2D eigenvalue weighted by atomic mass is 16.2. The Kier molecular flexibility index (Phi) is 5.60. The Labute approximate surface area is 166 Å². The van der Waals surface area contributed by atoms with Gasteiger partial charge in [0.1, 0.15) is 0 Å². The minimum atomic E-state index is -0.0667. The number of fused-ring (bicyclic) bond motifs is 1. The zero-order valence-corrected chi connectivity index (χ0v) is 16.1. The molecule has 1 fully saturated rings. The Bertz CT molecular complexity index is 858. The van der Waals surface area contributed by atoms with Gasteiger partial charge < -0.3 is 15.5 Å². The summed E-state index contributed by atoms with van der Waals surface area (Å²) in [6.07, 6.45) is 5.15. The second-order valence-corrected chi connectivity index (χ2v) is 7.69. The molecule has 1 aliphatic heterocycles. The quantitative estimate of drug-likeness (QED) is 0.844. The average Bonchev–Trinajstić information content (AvgIpc) is 3.27. The van der Waals surface area contributed by atoms with Crippen molar-refractivity contribution in [1.29, 1.82) is 0 Å². The number of hydrogen-bond donors (Lipinski definition) is 2. The third-order valence-corrected chi connectivity index (χ3v) is 5.72. The van der Waals surface area contributed by atoms with Crippen LogP contribution in [0.5, 0.6) is 0 Å². The van der Waals surface area contributed by atoms with Gasteiger partial charge in [0, 0.05) is 25.3 Å². The fourth-order valence-corrected chi connectivity index (χ4v) is 4.22. The number of benzene rings is 2. The van der Waals surface area contributed by atoms with Crippen LogP contribution in [0.15, 0.2) is 48.5 Å².